The maximum Gasteiger partial charge on any atom is 0.252 e. The Labute approximate surface area is 312 Å². The topological polar surface area (TPSA) is 19.6 Å². The molecule has 0 aliphatic carbocycles. The van der Waals surface area contributed by atoms with Crippen LogP contribution in [-0.4, -0.2) is 6.71 Å². The van der Waals surface area contributed by atoms with Crippen molar-refractivity contribution in [2.75, 3.05) is 9.80 Å². The normalized spacial score (nSPS) is 13.4. The van der Waals surface area contributed by atoms with E-state index in [0.29, 0.717) is 0 Å². The minimum absolute atomic E-state index is 0.0823. The molecular formula is C49H41BN2O. The summed E-state index contributed by atoms with van der Waals surface area (Å²) in [4.78, 5) is 5.00. The average molecular weight is 685 g/mol. The van der Waals surface area contributed by atoms with Crippen LogP contribution in [0.2, 0.25) is 0 Å². The zero-order chi connectivity index (χ0) is 36.2. The van der Waals surface area contributed by atoms with E-state index >= 15 is 0 Å². The van der Waals surface area contributed by atoms with Crippen LogP contribution < -0.4 is 26.2 Å². The van der Waals surface area contributed by atoms with E-state index in [-0.39, 0.29) is 12.1 Å². The van der Waals surface area contributed by atoms with Crippen molar-refractivity contribution in [2.24, 2.45) is 0 Å². The third kappa shape index (κ3) is 4.89. The number of nitrogens with zero attached hydrogens (tertiary/aromatic N) is 2. The second-order valence-corrected chi connectivity index (χ2v) is 16.1. The van der Waals surface area contributed by atoms with E-state index in [1.54, 1.807) is 0 Å². The van der Waals surface area contributed by atoms with Crippen molar-refractivity contribution in [3.8, 4) is 11.1 Å². The highest BCUT2D eigenvalue weighted by molar-refractivity contribution is 7.00. The number of anilines is 6. The first kappa shape index (κ1) is 31.7. The molecule has 0 saturated carbocycles. The zero-order valence-corrected chi connectivity index (χ0v) is 31.2. The molecule has 256 valence electrons. The minimum Gasteiger partial charge on any atom is -0.455 e. The first-order valence-electron chi connectivity index (χ1n) is 18.7. The highest BCUT2D eigenvalue weighted by Crippen LogP contribution is 2.46. The molecule has 0 saturated heterocycles. The van der Waals surface area contributed by atoms with Crippen molar-refractivity contribution < 1.29 is 4.42 Å². The third-order valence-corrected chi connectivity index (χ3v) is 11.4. The lowest BCUT2D eigenvalue weighted by atomic mass is 9.33. The Morgan fingerprint density at radius 3 is 1.66 bits per heavy atom. The Bertz CT molecular complexity index is 2750. The van der Waals surface area contributed by atoms with Crippen LogP contribution in [0.5, 0.6) is 0 Å². The fraction of sp³-hybridized carbons (Fsp3) is 0.143. The van der Waals surface area contributed by atoms with Crippen LogP contribution in [0.1, 0.15) is 43.0 Å². The second-order valence-electron chi connectivity index (χ2n) is 16.1. The lowest BCUT2D eigenvalue weighted by Crippen LogP contribution is -2.61. The van der Waals surface area contributed by atoms with E-state index in [1.807, 2.05) is 6.07 Å². The van der Waals surface area contributed by atoms with Gasteiger partial charge in [-0.25, -0.2) is 0 Å². The van der Waals surface area contributed by atoms with Gasteiger partial charge in [-0.3, -0.25) is 0 Å². The number of hydrogen-bond acceptors (Lipinski definition) is 3. The summed E-state index contributed by atoms with van der Waals surface area (Å²) in [6.07, 6.45) is 0. The molecule has 4 heteroatoms. The summed E-state index contributed by atoms with van der Waals surface area (Å²) in [6.45, 7) is 13.6. The smallest absolute Gasteiger partial charge is 0.252 e. The van der Waals surface area contributed by atoms with Crippen LogP contribution in [0.25, 0.3) is 33.1 Å². The van der Waals surface area contributed by atoms with Crippen molar-refractivity contribution in [2.45, 2.75) is 47.0 Å². The molecule has 7 aromatic carbocycles. The van der Waals surface area contributed by atoms with Crippen LogP contribution in [0, 0.1) is 20.8 Å². The molecule has 0 amide bonds. The monoisotopic (exact) mass is 684 g/mol. The van der Waals surface area contributed by atoms with Crippen molar-refractivity contribution in [3.05, 3.63) is 162 Å². The zero-order valence-electron chi connectivity index (χ0n) is 31.2. The Kier molecular flexibility index (Phi) is 6.88. The predicted octanol–water partition coefficient (Wildman–Crippen LogP) is 11.6. The molecule has 0 radical (unpaired) electrons. The first-order chi connectivity index (χ1) is 25.6. The van der Waals surface area contributed by atoms with Gasteiger partial charge < -0.3 is 14.2 Å². The summed E-state index contributed by atoms with van der Waals surface area (Å²) in [5.41, 5.74) is 20.6. The predicted molar refractivity (Wildman–Crippen MR) is 226 cm³/mol. The van der Waals surface area contributed by atoms with Gasteiger partial charge in [-0.05, 0) is 125 Å². The number of benzene rings is 7. The van der Waals surface area contributed by atoms with Gasteiger partial charge in [-0.15, -0.1) is 0 Å². The standard InChI is InChI=1S/C49H41BN2O/c1-30-14-24-40-42(26-30)51(35-20-16-33(17-21-35)37-11-9-12-39-38-10-7-8-13-46(38)53-48(37)39)44-28-32(3)29-45-47(44)50(40)41-25-15-31(2)27-43(41)52(45)36-22-18-34(19-23-36)49(4,5)6/h7-29H,1-6H3. The molecule has 0 atom stereocenters. The Morgan fingerprint density at radius 2 is 1.06 bits per heavy atom. The van der Waals surface area contributed by atoms with E-state index < -0.39 is 0 Å². The fourth-order valence-electron chi connectivity index (χ4n) is 8.78. The molecule has 0 unspecified atom stereocenters. The number of aryl methyl sites for hydroxylation is 3. The van der Waals surface area contributed by atoms with Crippen LogP contribution in [0.15, 0.2) is 144 Å². The number of hydrogen-bond donors (Lipinski definition) is 0. The van der Waals surface area contributed by atoms with E-state index in [2.05, 4.69) is 185 Å². The highest BCUT2D eigenvalue weighted by atomic mass is 16.3. The maximum atomic E-state index is 6.44. The van der Waals surface area contributed by atoms with Crippen LogP contribution in [-0.2, 0) is 5.41 Å². The Morgan fingerprint density at radius 1 is 0.509 bits per heavy atom. The van der Waals surface area contributed by atoms with Gasteiger partial charge in [-0.1, -0.05) is 106 Å². The molecule has 1 aromatic heterocycles. The molecule has 0 N–H and O–H groups in total. The number of para-hydroxylation sites is 2. The van der Waals surface area contributed by atoms with Gasteiger partial charge in [0, 0.05) is 50.5 Å². The molecule has 0 bridgehead atoms. The molecule has 10 rings (SSSR count). The summed E-state index contributed by atoms with van der Waals surface area (Å²) in [7, 11) is 0. The van der Waals surface area contributed by atoms with Gasteiger partial charge in [0.05, 0.1) is 0 Å². The first-order valence-corrected chi connectivity index (χ1v) is 18.7. The van der Waals surface area contributed by atoms with Crippen LogP contribution in [0.3, 0.4) is 0 Å². The van der Waals surface area contributed by atoms with Crippen LogP contribution in [0.4, 0.5) is 34.1 Å². The molecule has 2 aliphatic heterocycles. The van der Waals surface area contributed by atoms with E-state index in [9.17, 15) is 0 Å². The molecular weight excluding hydrogens is 643 g/mol. The van der Waals surface area contributed by atoms with Crippen molar-refractivity contribution in [3.63, 3.8) is 0 Å². The highest BCUT2D eigenvalue weighted by Gasteiger charge is 2.43. The summed E-state index contributed by atoms with van der Waals surface area (Å²) >= 11 is 0. The van der Waals surface area contributed by atoms with Crippen molar-refractivity contribution in [1.29, 1.82) is 0 Å². The van der Waals surface area contributed by atoms with E-state index in [4.69, 9.17) is 4.42 Å². The van der Waals surface area contributed by atoms with Gasteiger partial charge in [0.15, 0.2) is 0 Å². The molecule has 3 nitrogen and oxygen atoms in total. The molecule has 2 aliphatic rings. The summed E-state index contributed by atoms with van der Waals surface area (Å²) in [5.74, 6) is 0. The van der Waals surface area contributed by atoms with Gasteiger partial charge in [0.2, 0.25) is 0 Å². The van der Waals surface area contributed by atoms with E-state index in [1.165, 1.54) is 67.1 Å². The second kappa shape index (κ2) is 11.5. The third-order valence-electron chi connectivity index (χ3n) is 11.4. The van der Waals surface area contributed by atoms with Crippen molar-refractivity contribution in [1.82, 2.24) is 0 Å². The van der Waals surface area contributed by atoms with Gasteiger partial charge in [0.25, 0.3) is 6.71 Å². The average Bonchev–Trinajstić information content (AvgIpc) is 3.53. The minimum atomic E-state index is 0.0823. The van der Waals surface area contributed by atoms with Gasteiger partial charge in [0.1, 0.15) is 11.2 Å². The maximum absolute atomic E-state index is 6.44. The lowest BCUT2D eigenvalue weighted by molar-refractivity contribution is 0.590. The summed E-state index contributed by atoms with van der Waals surface area (Å²) in [5, 5.41) is 2.30. The van der Waals surface area contributed by atoms with Gasteiger partial charge in [-0.2, -0.15) is 0 Å². The molecule has 0 fully saturated rings. The molecule has 0 spiro atoms. The summed E-state index contributed by atoms with van der Waals surface area (Å²) < 4.78 is 6.44. The largest absolute Gasteiger partial charge is 0.455 e. The van der Waals surface area contributed by atoms with E-state index in [0.717, 1.165) is 38.8 Å². The number of fused-ring (bicyclic) bond motifs is 7. The quantitative estimate of drug-likeness (QED) is 0.173. The Hall–Kier alpha value is -6.00. The molecule has 8 aromatic rings. The molecule has 53 heavy (non-hydrogen) atoms. The molecule has 3 heterocycles. The Balaban J connectivity index is 1.17. The lowest BCUT2D eigenvalue weighted by Gasteiger charge is -2.44. The number of rotatable bonds is 3. The SMILES string of the molecule is Cc1ccc2c(c1)N(c1ccc(-c3cccc4c3oc3ccccc34)cc1)c1cc(C)cc3c1B2c1ccc(C)cc1N3c1ccc(C(C)(C)C)cc1. The number of furan rings is 1. The van der Waals surface area contributed by atoms with Gasteiger partial charge >= 0.3 is 0 Å². The fourth-order valence-corrected chi connectivity index (χ4v) is 8.78. The van der Waals surface area contributed by atoms with Crippen LogP contribution >= 0.6 is 0 Å². The van der Waals surface area contributed by atoms with Crippen molar-refractivity contribution >= 4 is 79.2 Å². The summed E-state index contributed by atoms with van der Waals surface area (Å²) in [6, 6.07) is 51.9.